The number of aromatic nitrogens is 3. The molecular formula is C21H18FN5O5. The number of amides is 2. The lowest BCUT2D eigenvalue weighted by molar-refractivity contribution is 0.0938. The third kappa shape index (κ3) is 3.67. The van der Waals surface area contributed by atoms with Crippen molar-refractivity contribution in [2.45, 2.75) is 19.2 Å². The quantitative estimate of drug-likeness (QED) is 0.518. The topological polar surface area (TPSA) is 146 Å². The SMILES string of the molecule is CNC(=O)c1c(C(N)=O)nn2c1C(F)COc1ccc(C#CC(O)c3cc(C)on3)cc1-2. The minimum Gasteiger partial charge on any atom is -0.488 e. The second kappa shape index (κ2) is 8.16. The van der Waals surface area contributed by atoms with E-state index < -0.39 is 30.7 Å². The highest BCUT2D eigenvalue weighted by atomic mass is 19.1. The van der Waals surface area contributed by atoms with Crippen LogP contribution in [0, 0.1) is 18.8 Å². The smallest absolute Gasteiger partial charge is 0.270 e. The Bertz CT molecular complexity index is 1290. The first-order valence-electron chi connectivity index (χ1n) is 9.49. The number of aliphatic hydroxyl groups is 1. The number of aliphatic hydroxyl groups excluding tert-OH is 1. The molecule has 3 aromatic rings. The minimum absolute atomic E-state index is 0.153. The van der Waals surface area contributed by atoms with Crippen LogP contribution in [-0.2, 0) is 0 Å². The van der Waals surface area contributed by atoms with Gasteiger partial charge in [-0.25, -0.2) is 9.07 Å². The van der Waals surface area contributed by atoms with Crippen molar-refractivity contribution < 1.29 is 28.3 Å². The molecular weight excluding hydrogens is 421 g/mol. The number of benzene rings is 1. The number of halogens is 1. The Morgan fingerprint density at radius 1 is 1.41 bits per heavy atom. The maximum Gasteiger partial charge on any atom is 0.270 e. The average Bonchev–Trinajstić information content (AvgIpc) is 3.36. The summed E-state index contributed by atoms with van der Waals surface area (Å²) in [6, 6.07) is 6.27. The predicted octanol–water partition coefficient (Wildman–Crippen LogP) is 1.12. The highest BCUT2D eigenvalue weighted by molar-refractivity contribution is 6.06. The number of alkyl halides is 1. The van der Waals surface area contributed by atoms with E-state index in [0.717, 1.165) is 4.68 Å². The minimum atomic E-state index is -1.75. The summed E-state index contributed by atoms with van der Waals surface area (Å²) >= 11 is 0. The number of ether oxygens (including phenoxy) is 1. The summed E-state index contributed by atoms with van der Waals surface area (Å²) < 4.78 is 26.6. The van der Waals surface area contributed by atoms with Crippen molar-refractivity contribution in [3.05, 3.63) is 58.2 Å². The van der Waals surface area contributed by atoms with Crippen molar-refractivity contribution >= 4 is 11.8 Å². The highest BCUT2D eigenvalue weighted by Gasteiger charge is 2.34. The van der Waals surface area contributed by atoms with E-state index in [1.165, 1.54) is 13.1 Å². The second-order valence-corrected chi connectivity index (χ2v) is 6.96. The van der Waals surface area contributed by atoms with Crippen LogP contribution in [0.25, 0.3) is 5.69 Å². The third-order valence-corrected chi connectivity index (χ3v) is 4.76. The second-order valence-electron chi connectivity index (χ2n) is 6.96. The van der Waals surface area contributed by atoms with E-state index >= 15 is 0 Å². The zero-order chi connectivity index (χ0) is 23.0. The Balaban J connectivity index is 1.82. The standard InChI is InChI=1S/C21H18FN5O5/c1-10-7-13(26-32-10)15(28)5-3-11-4-6-16-14(8-11)27-19(12(22)9-31-16)17(21(30)24-2)18(25-27)20(23)29/h4,6-8,12,15,28H,9H2,1-2H3,(H2,23,29)(H,24,30). The molecule has 0 spiro atoms. The van der Waals surface area contributed by atoms with Gasteiger partial charge in [0.15, 0.2) is 18.0 Å². The number of nitrogens with one attached hydrogen (secondary N) is 1. The third-order valence-electron chi connectivity index (χ3n) is 4.76. The molecule has 10 nitrogen and oxygen atoms in total. The molecule has 4 N–H and O–H groups in total. The largest absolute Gasteiger partial charge is 0.488 e. The molecule has 0 fully saturated rings. The molecule has 2 amide bonds. The van der Waals surface area contributed by atoms with E-state index in [-0.39, 0.29) is 34.1 Å². The number of carbonyl (C=O) groups excluding carboxylic acids is 2. The van der Waals surface area contributed by atoms with E-state index in [2.05, 4.69) is 27.4 Å². The normalized spacial score (nSPS) is 15.3. The van der Waals surface area contributed by atoms with Gasteiger partial charge in [0.05, 0.1) is 11.3 Å². The maximum absolute atomic E-state index is 15.0. The first kappa shape index (κ1) is 21.1. The van der Waals surface area contributed by atoms with Crippen molar-refractivity contribution in [2.24, 2.45) is 5.73 Å². The Morgan fingerprint density at radius 2 is 2.19 bits per heavy atom. The van der Waals surface area contributed by atoms with Crippen LogP contribution >= 0.6 is 0 Å². The highest BCUT2D eigenvalue weighted by Crippen LogP contribution is 2.35. The number of hydrogen-bond donors (Lipinski definition) is 3. The van der Waals surface area contributed by atoms with Crippen molar-refractivity contribution in [1.82, 2.24) is 20.3 Å². The van der Waals surface area contributed by atoms with E-state index in [1.54, 1.807) is 25.1 Å². The number of nitrogens with two attached hydrogens (primary N) is 1. The van der Waals surface area contributed by atoms with Gasteiger partial charge in [-0.2, -0.15) is 5.10 Å². The average molecular weight is 439 g/mol. The Kier molecular flexibility index (Phi) is 5.38. The van der Waals surface area contributed by atoms with Gasteiger partial charge in [-0.15, -0.1) is 0 Å². The number of primary amides is 1. The van der Waals surface area contributed by atoms with E-state index in [1.807, 2.05) is 0 Å². The van der Waals surface area contributed by atoms with Crippen molar-refractivity contribution in [3.8, 4) is 23.3 Å². The van der Waals surface area contributed by atoms with Crippen LogP contribution in [0.5, 0.6) is 5.75 Å². The number of hydrogen-bond acceptors (Lipinski definition) is 7. The molecule has 0 saturated heterocycles. The zero-order valence-electron chi connectivity index (χ0n) is 17.0. The van der Waals surface area contributed by atoms with Crippen LogP contribution in [0.1, 0.15) is 55.8 Å². The van der Waals surface area contributed by atoms with Gasteiger partial charge in [0.2, 0.25) is 0 Å². The fourth-order valence-corrected chi connectivity index (χ4v) is 3.29. The first-order chi connectivity index (χ1) is 15.3. The van der Waals surface area contributed by atoms with E-state index in [0.29, 0.717) is 11.3 Å². The molecule has 2 aromatic heterocycles. The van der Waals surface area contributed by atoms with Crippen molar-refractivity contribution in [2.75, 3.05) is 13.7 Å². The van der Waals surface area contributed by atoms with E-state index in [9.17, 15) is 19.1 Å². The van der Waals surface area contributed by atoms with Crippen LogP contribution in [-0.4, -0.2) is 45.5 Å². The van der Waals surface area contributed by atoms with Crippen molar-refractivity contribution in [3.63, 3.8) is 0 Å². The van der Waals surface area contributed by atoms with Crippen LogP contribution in [0.3, 0.4) is 0 Å². The van der Waals surface area contributed by atoms with Gasteiger partial charge in [0, 0.05) is 18.7 Å². The van der Waals surface area contributed by atoms with Gasteiger partial charge in [0.25, 0.3) is 11.8 Å². The number of aryl methyl sites for hydroxylation is 1. The molecule has 0 aliphatic carbocycles. The number of nitrogens with zero attached hydrogens (tertiary/aromatic N) is 3. The van der Waals surface area contributed by atoms with Gasteiger partial charge in [-0.05, 0) is 25.1 Å². The molecule has 1 aliphatic heterocycles. The molecule has 1 aromatic carbocycles. The summed E-state index contributed by atoms with van der Waals surface area (Å²) in [6.07, 6.45) is -2.93. The molecule has 0 radical (unpaired) electrons. The predicted molar refractivity (Wildman–Crippen MR) is 108 cm³/mol. The summed E-state index contributed by atoms with van der Waals surface area (Å²) in [5.41, 5.74) is 5.58. The lowest BCUT2D eigenvalue weighted by Gasteiger charge is -2.08. The maximum atomic E-state index is 15.0. The van der Waals surface area contributed by atoms with Gasteiger partial charge < -0.3 is 25.4 Å². The molecule has 3 heterocycles. The lowest BCUT2D eigenvalue weighted by Crippen LogP contribution is -2.24. The van der Waals surface area contributed by atoms with Crippen LogP contribution in [0.4, 0.5) is 4.39 Å². The summed E-state index contributed by atoms with van der Waals surface area (Å²) in [5, 5.41) is 20.4. The molecule has 1 aliphatic rings. The molecule has 4 rings (SSSR count). The molecule has 0 saturated carbocycles. The van der Waals surface area contributed by atoms with E-state index in [4.69, 9.17) is 15.0 Å². The van der Waals surface area contributed by atoms with Gasteiger partial charge in [0.1, 0.15) is 29.5 Å². The van der Waals surface area contributed by atoms with Crippen LogP contribution in [0.15, 0.2) is 28.8 Å². The summed E-state index contributed by atoms with van der Waals surface area (Å²) in [4.78, 5) is 24.3. The summed E-state index contributed by atoms with van der Waals surface area (Å²) in [5.74, 6) is 4.58. The zero-order valence-corrected chi connectivity index (χ0v) is 17.0. The lowest BCUT2D eigenvalue weighted by atomic mass is 10.1. The first-order valence-corrected chi connectivity index (χ1v) is 9.49. The van der Waals surface area contributed by atoms with Crippen LogP contribution in [0.2, 0.25) is 0 Å². The molecule has 11 heteroatoms. The fourth-order valence-electron chi connectivity index (χ4n) is 3.29. The van der Waals surface area contributed by atoms with Gasteiger partial charge in [-0.1, -0.05) is 17.0 Å². The number of fused-ring (bicyclic) bond motifs is 3. The Morgan fingerprint density at radius 3 is 2.84 bits per heavy atom. The van der Waals surface area contributed by atoms with Gasteiger partial charge in [-0.3, -0.25) is 9.59 Å². The van der Waals surface area contributed by atoms with Crippen molar-refractivity contribution in [1.29, 1.82) is 0 Å². The Labute approximate surface area is 181 Å². The number of carbonyl (C=O) groups is 2. The van der Waals surface area contributed by atoms with Crippen LogP contribution < -0.4 is 15.8 Å². The number of rotatable bonds is 3. The molecule has 0 bridgehead atoms. The molecule has 2 unspecified atom stereocenters. The molecule has 32 heavy (non-hydrogen) atoms. The van der Waals surface area contributed by atoms with Gasteiger partial charge >= 0.3 is 0 Å². The monoisotopic (exact) mass is 439 g/mol. The summed E-state index contributed by atoms with van der Waals surface area (Å²) in [6.45, 7) is 1.30. The Hall–Kier alpha value is -4.17. The molecule has 164 valence electrons. The molecule has 2 atom stereocenters. The fraction of sp³-hybridized carbons (Fsp3) is 0.238. The summed E-state index contributed by atoms with van der Waals surface area (Å²) in [7, 11) is 1.35.